The summed E-state index contributed by atoms with van der Waals surface area (Å²) in [5, 5.41) is 34.7. The number of hydrogen-bond acceptors (Lipinski definition) is 6. The summed E-state index contributed by atoms with van der Waals surface area (Å²) in [6, 6.07) is 0. The highest BCUT2D eigenvalue weighted by Crippen LogP contribution is 2.17. The summed E-state index contributed by atoms with van der Waals surface area (Å²) in [5.41, 5.74) is -1.50. The van der Waals surface area contributed by atoms with Gasteiger partial charge in [0.2, 0.25) is 0 Å². The second-order valence-electron chi connectivity index (χ2n) is 3.56. The van der Waals surface area contributed by atoms with Crippen LogP contribution in [0.2, 0.25) is 0 Å². The van der Waals surface area contributed by atoms with Gasteiger partial charge < -0.3 is 25.2 Å². The topological polar surface area (TPSA) is 115 Å². The monoisotopic (exact) mass is 236 g/mol. The zero-order chi connectivity index (χ0) is 13.2. The summed E-state index contributed by atoms with van der Waals surface area (Å²) in [5.74, 6) is -0.363. The highest BCUT2D eigenvalue weighted by molar-refractivity contribution is 5.85. The molecule has 0 aromatic carbocycles. The normalized spacial score (nSPS) is 10.4. The highest BCUT2D eigenvalue weighted by Gasteiger charge is 2.35. The van der Waals surface area contributed by atoms with E-state index in [1.54, 1.807) is 0 Å². The Morgan fingerprint density at radius 2 is 1.25 bits per heavy atom. The molecule has 0 amide bonds. The molecule has 0 spiro atoms. The molecular formula is C10H20O6. The first-order chi connectivity index (χ1) is 7.40. The smallest absolute Gasteiger partial charge is 0.148 e. The van der Waals surface area contributed by atoms with Gasteiger partial charge in [0.1, 0.15) is 11.6 Å². The Morgan fingerprint density at radius 3 is 1.44 bits per heavy atom. The van der Waals surface area contributed by atoms with Crippen LogP contribution in [0.3, 0.4) is 0 Å². The second kappa shape index (κ2) is 9.41. The molecule has 0 aliphatic rings. The largest absolute Gasteiger partial charge is 0.396 e. The van der Waals surface area contributed by atoms with Crippen molar-refractivity contribution in [2.75, 3.05) is 26.4 Å². The van der Waals surface area contributed by atoms with Gasteiger partial charge in [-0.3, -0.25) is 4.79 Å². The van der Waals surface area contributed by atoms with E-state index in [0.29, 0.717) is 0 Å². The van der Waals surface area contributed by atoms with Gasteiger partial charge in [-0.2, -0.15) is 0 Å². The fourth-order valence-electron chi connectivity index (χ4n) is 0.781. The number of aliphatic hydroxyl groups is 4. The fourth-order valence-corrected chi connectivity index (χ4v) is 0.781. The minimum atomic E-state index is -1.50. The van der Waals surface area contributed by atoms with Crippen LogP contribution in [0.15, 0.2) is 0 Å². The van der Waals surface area contributed by atoms with Gasteiger partial charge in [0.15, 0.2) is 0 Å². The third-order valence-electron chi connectivity index (χ3n) is 1.84. The van der Waals surface area contributed by atoms with E-state index in [1.165, 1.54) is 13.8 Å². The van der Waals surface area contributed by atoms with Crippen LogP contribution >= 0.6 is 0 Å². The number of carbonyl (C=O) groups is 2. The number of aliphatic hydroxyl groups excluding tert-OH is 4. The average Bonchev–Trinajstić information content (AvgIpc) is 2.21. The molecule has 0 saturated heterocycles. The number of rotatable bonds is 6. The van der Waals surface area contributed by atoms with Gasteiger partial charge in [-0.15, -0.1) is 0 Å². The van der Waals surface area contributed by atoms with Gasteiger partial charge in [0.25, 0.3) is 0 Å². The Balaban J connectivity index is 0. The van der Waals surface area contributed by atoms with E-state index in [2.05, 4.69) is 0 Å². The van der Waals surface area contributed by atoms with Gasteiger partial charge in [-0.25, -0.2) is 0 Å². The maximum absolute atomic E-state index is 11.1. The Morgan fingerprint density at radius 1 is 0.938 bits per heavy atom. The highest BCUT2D eigenvalue weighted by atomic mass is 16.3. The Kier molecular flexibility index (Phi) is 10.3. The van der Waals surface area contributed by atoms with Gasteiger partial charge in [-0.1, -0.05) is 0 Å². The molecule has 6 nitrogen and oxygen atoms in total. The van der Waals surface area contributed by atoms with Crippen LogP contribution in [-0.4, -0.2) is 58.4 Å². The van der Waals surface area contributed by atoms with Crippen LogP contribution < -0.4 is 0 Å². The molecule has 0 heterocycles. The molecular weight excluding hydrogens is 216 g/mol. The maximum atomic E-state index is 11.1. The molecule has 0 saturated carbocycles. The Bertz CT molecular complexity index is 197. The standard InChI is InChI=1S/C7H14O5.C3H6O/c8-2-1-6(12)7(3-9,4-10)5-11;1-3(2)4/h8-11H,1-5H2;1-2H3. The fraction of sp³-hybridized carbons (Fsp3) is 0.800. The summed E-state index contributed by atoms with van der Waals surface area (Å²) in [6.07, 6.45) is -0.165. The van der Waals surface area contributed by atoms with Crippen molar-refractivity contribution in [3.05, 3.63) is 0 Å². The zero-order valence-electron chi connectivity index (χ0n) is 9.64. The van der Waals surface area contributed by atoms with Gasteiger partial charge in [0, 0.05) is 13.0 Å². The van der Waals surface area contributed by atoms with Crippen molar-refractivity contribution in [1.29, 1.82) is 0 Å². The average molecular weight is 236 g/mol. The molecule has 96 valence electrons. The van der Waals surface area contributed by atoms with Crippen LogP contribution in [0.5, 0.6) is 0 Å². The summed E-state index contributed by atoms with van der Waals surface area (Å²) in [4.78, 5) is 20.6. The molecule has 4 N–H and O–H groups in total. The van der Waals surface area contributed by atoms with Crippen molar-refractivity contribution < 1.29 is 30.0 Å². The third kappa shape index (κ3) is 6.62. The van der Waals surface area contributed by atoms with Crippen LogP contribution in [0.1, 0.15) is 20.3 Å². The molecule has 0 aliphatic carbocycles. The summed E-state index contributed by atoms with van der Waals surface area (Å²) in [6.45, 7) is 0.872. The minimum absolute atomic E-state index is 0.165. The van der Waals surface area contributed by atoms with E-state index < -0.39 is 31.0 Å². The van der Waals surface area contributed by atoms with Crippen molar-refractivity contribution in [1.82, 2.24) is 0 Å². The van der Waals surface area contributed by atoms with Crippen LogP contribution in [0, 0.1) is 5.41 Å². The molecule has 0 aromatic heterocycles. The van der Waals surface area contributed by atoms with Crippen LogP contribution in [0.25, 0.3) is 0 Å². The quantitative estimate of drug-likeness (QED) is 0.446. The zero-order valence-corrected chi connectivity index (χ0v) is 9.64. The van der Waals surface area contributed by atoms with Crippen molar-refractivity contribution in [3.63, 3.8) is 0 Å². The molecule has 0 rings (SSSR count). The lowest BCUT2D eigenvalue weighted by atomic mass is 9.84. The van der Waals surface area contributed by atoms with Crippen molar-refractivity contribution in [3.8, 4) is 0 Å². The van der Waals surface area contributed by atoms with Crippen molar-refractivity contribution >= 4 is 11.6 Å². The SMILES string of the molecule is CC(C)=O.O=C(CCO)C(CO)(CO)CO. The molecule has 16 heavy (non-hydrogen) atoms. The lowest BCUT2D eigenvalue weighted by Gasteiger charge is -2.24. The summed E-state index contributed by atoms with van der Waals surface area (Å²) >= 11 is 0. The second-order valence-corrected chi connectivity index (χ2v) is 3.56. The van der Waals surface area contributed by atoms with E-state index in [-0.39, 0.29) is 18.8 Å². The van der Waals surface area contributed by atoms with E-state index in [1.807, 2.05) is 0 Å². The number of carbonyl (C=O) groups excluding carboxylic acids is 2. The minimum Gasteiger partial charge on any atom is -0.396 e. The van der Waals surface area contributed by atoms with E-state index in [9.17, 15) is 9.59 Å². The molecule has 0 aliphatic heterocycles. The van der Waals surface area contributed by atoms with Gasteiger partial charge >= 0.3 is 0 Å². The van der Waals surface area contributed by atoms with Crippen LogP contribution in [-0.2, 0) is 9.59 Å². The van der Waals surface area contributed by atoms with Crippen LogP contribution in [0.4, 0.5) is 0 Å². The predicted molar refractivity (Wildman–Crippen MR) is 56.8 cm³/mol. The third-order valence-corrected chi connectivity index (χ3v) is 1.84. The van der Waals surface area contributed by atoms with Gasteiger partial charge in [-0.05, 0) is 13.8 Å². The maximum Gasteiger partial charge on any atom is 0.148 e. The molecule has 0 fully saturated rings. The number of Topliss-reactive ketones (excluding diaryl/α,β-unsaturated/α-hetero) is 2. The molecule has 6 heteroatoms. The molecule has 0 unspecified atom stereocenters. The van der Waals surface area contributed by atoms with Crippen molar-refractivity contribution in [2.45, 2.75) is 20.3 Å². The predicted octanol–water partition coefficient (Wildman–Crippen LogP) is -1.50. The molecule has 0 atom stereocenters. The lowest BCUT2D eigenvalue weighted by molar-refractivity contribution is -0.138. The summed E-state index contributed by atoms with van der Waals surface area (Å²) < 4.78 is 0. The Hall–Kier alpha value is -0.820. The number of hydrogen-bond donors (Lipinski definition) is 4. The van der Waals surface area contributed by atoms with Gasteiger partial charge in [0.05, 0.1) is 25.2 Å². The molecule has 0 aromatic rings. The Labute approximate surface area is 94.5 Å². The van der Waals surface area contributed by atoms with Crippen molar-refractivity contribution in [2.24, 2.45) is 5.41 Å². The van der Waals surface area contributed by atoms with E-state index >= 15 is 0 Å². The van der Waals surface area contributed by atoms with E-state index in [0.717, 1.165) is 0 Å². The first-order valence-corrected chi connectivity index (χ1v) is 4.84. The molecule has 0 radical (unpaired) electrons. The molecule has 0 bridgehead atoms. The summed E-state index contributed by atoms with van der Waals surface area (Å²) in [7, 11) is 0. The first kappa shape index (κ1) is 17.6. The number of ketones is 2. The lowest BCUT2D eigenvalue weighted by Crippen LogP contribution is -2.42. The first-order valence-electron chi connectivity index (χ1n) is 4.84. The van der Waals surface area contributed by atoms with E-state index in [4.69, 9.17) is 20.4 Å².